The van der Waals surface area contributed by atoms with Crippen molar-refractivity contribution in [2.24, 2.45) is 0 Å². The number of hydrogen-bond donors (Lipinski definition) is 3. The van der Waals surface area contributed by atoms with Crippen LogP contribution in [0, 0.1) is 0 Å². The fraction of sp³-hybridized carbons (Fsp3) is 0.333. The first-order valence-corrected chi connectivity index (χ1v) is 7.67. The summed E-state index contributed by atoms with van der Waals surface area (Å²) in [6.45, 7) is 2.09. The van der Waals surface area contributed by atoms with Gasteiger partial charge in [-0.3, -0.25) is 4.79 Å². The van der Waals surface area contributed by atoms with E-state index >= 15 is 0 Å². The summed E-state index contributed by atoms with van der Waals surface area (Å²) in [6.07, 6.45) is 1.95. The van der Waals surface area contributed by atoms with Crippen molar-refractivity contribution in [2.45, 2.75) is 25.8 Å². The van der Waals surface area contributed by atoms with Gasteiger partial charge in [0.15, 0.2) is 5.82 Å². The van der Waals surface area contributed by atoms with Crippen LogP contribution in [0.3, 0.4) is 0 Å². The molecule has 0 bridgehead atoms. The van der Waals surface area contributed by atoms with Crippen LogP contribution >= 0.6 is 11.5 Å². The van der Waals surface area contributed by atoms with Gasteiger partial charge < -0.3 is 16.4 Å². The normalized spacial score (nSPS) is 11.9. The predicted octanol–water partition coefficient (Wildman–Crippen LogP) is 2.52. The third-order valence-corrected chi connectivity index (χ3v) is 4.05. The number of hydrogen-bond acceptors (Lipinski definition) is 5. The van der Waals surface area contributed by atoms with Crippen LogP contribution in [0.15, 0.2) is 30.3 Å². The molecule has 0 saturated heterocycles. The van der Waals surface area contributed by atoms with Gasteiger partial charge in [-0.2, -0.15) is 4.37 Å². The molecule has 112 valence electrons. The van der Waals surface area contributed by atoms with Gasteiger partial charge in [-0.15, -0.1) is 0 Å². The average Bonchev–Trinajstić information content (AvgIpc) is 2.86. The lowest BCUT2D eigenvalue weighted by Crippen LogP contribution is -2.22. The lowest BCUT2D eigenvalue weighted by Gasteiger charge is -2.14. The molecular formula is C15H20N4OS. The Labute approximate surface area is 128 Å². The molecule has 1 heterocycles. The molecule has 2 aromatic rings. The van der Waals surface area contributed by atoms with Crippen LogP contribution in [0.2, 0.25) is 0 Å². The molecule has 0 aliphatic heterocycles. The molecule has 1 aromatic carbocycles. The lowest BCUT2D eigenvalue weighted by atomic mass is 10.1. The van der Waals surface area contributed by atoms with Crippen molar-refractivity contribution >= 4 is 28.3 Å². The summed E-state index contributed by atoms with van der Waals surface area (Å²) in [5.74, 6) is 0.0659. The quantitative estimate of drug-likeness (QED) is 0.766. The van der Waals surface area contributed by atoms with Gasteiger partial charge in [0.25, 0.3) is 5.91 Å². The van der Waals surface area contributed by atoms with Crippen molar-refractivity contribution in [1.29, 1.82) is 0 Å². The molecule has 0 aliphatic rings. The van der Waals surface area contributed by atoms with E-state index in [1.165, 1.54) is 17.1 Å². The monoisotopic (exact) mass is 304 g/mol. The fourth-order valence-corrected chi connectivity index (χ4v) is 2.89. The van der Waals surface area contributed by atoms with Gasteiger partial charge in [-0.05, 0) is 36.9 Å². The number of anilines is 2. The van der Waals surface area contributed by atoms with Crippen molar-refractivity contribution in [3.8, 4) is 0 Å². The molecule has 0 spiro atoms. The van der Waals surface area contributed by atoms with Gasteiger partial charge in [-0.1, -0.05) is 30.3 Å². The Bertz CT molecular complexity index is 597. The second-order valence-corrected chi connectivity index (χ2v) is 5.69. The first-order chi connectivity index (χ1) is 10.1. The number of nitrogens with zero attached hydrogens (tertiary/aromatic N) is 1. The molecule has 1 aromatic heterocycles. The molecule has 5 nitrogen and oxygen atoms in total. The summed E-state index contributed by atoms with van der Waals surface area (Å²) in [5, 5.41) is 6.65. The van der Waals surface area contributed by atoms with Gasteiger partial charge >= 0.3 is 0 Å². The summed E-state index contributed by atoms with van der Waals surface area (Å²) in [7, 11) is 1.59. The van der Waals surface area contributed by atoms with Crippen molar-refractivity contribution in [3.63, 3.8) is 0 Å². The minimum Gasteiger partial charge on any atom is -0.382 e. The average molecular weight is 304 g/mol. The molecule has 4 N–H and O–H groups in total. The Hall–Kier alpha value is -2.08. The van der Waals surface area contributed by atoms with Crippen molar-refractivity contribution in [3.05, 3.63) is 41.5 Å². The van der Waals surface area contributed by atoms with Crippen molar-refractivity contribution in [2.75, 3.05) is 18.1 Å². The van der Waals surface area contributed by atoms with Crippen LogP contribution in [-0.4, -0.2) is 23.4 Å². The molecule has 1 amide bonds. The highest BCUT2D eigenvalue weighted by Gasteiger charge is 2.19. The fourth-order valence-electron chi connectivity index (χ4n) is 2.07. The Kier molecular flexibility index (Phi) is 5.16. The molecular weight excluding hydrogens is 284 g/mol. The van der Waals surface area contributed by atoms with E-state index in [0.29, 0.717) is 5.56 Å². The SMILES string of the molecule is CNC(=O)c1c(N)nsc1NC(C)CCc1ccccc1. The Morgan fingerprint density at radius 2 is 2.10 bits per heavy atom. The predicted molar refractivity (Wildman–Crippen MR) is 87.8 cm³/mol. The second-order valence-electron chi connectivity index (χ2n) is 4.92. The zero-order valence-corrected chi connectivity index (χ0v) is 13.0. The van der Waals surface area contributed by atoms with Gasteiger partial charge in [-0.25, -0.2) is 0 Å². The van der Waals surface area contributed by atoms with Gasteiger partial charge in [0.1, 0.15) is 10.6 Å². The van der Waals surface area contributed by atoms with Crippen LogP contribution < -0.4 is 16.4 Å². The number of carbonyl (C=O) groups is 1. The number of aryl methyl sites for hydroxylation is 1. The first-order valence-electron chi connectivity index (χ1n) is 6.89. The number of nitrogen functional groups attached to an aromatic ring is 1. The van der Waals surface area contributed by atoms with E-state index in [2.05, 4.69) is 34.1 Å². The second kappa shape index (κ2) is 7.08. The highest BCUT2D eigenvalue weighted by atomic mass is 32.1. The van der Waals surface area contributed by atoms with Gasteiger partial charge in [0.2, 0.25) is 0 Å². The molecule has 21 heavy (non-hydrogen) atoms. The Morgan fingerprint density at radius 3 is 2.76 bits per heavy atom. The number of rotatable bonds is 6. The summed E-state index contributed by atoms with van der Waals surface area (Å²) in [6, 6.07) is 10.6. The van der Waals surface area contributed by atoms with E-state index < -0.39 is 0 Å². The zero-order valence-electron chi connectivity index (χ0n) is 12.2. The number of nitrogens with one attached hydrogen (secondary N) is 2. The van der Waals surface area contributed by atoms with E-state index in [4.69, 9.17) is 5.73 Å². The number of carbonyl (C=O) groups excluding carboxylic acids is 1. The van der Waals surface area contributed by atoms with Crippen LogP contribution in [-0.2, 0) is 6.42 Å². The third kappa shape index (κ3) is 3.95. The lowest BCUT2D eigenvalue weighted by molar-refractivity contribution is 0.0965. The van der Waals surface area contributed by atoms with E-state index in [0.717, 1.165) is 17.8 Å². The molecule has 6 heteroatoms. The summed E-state index contributed by atoms with van der Waals surface area (Å²) in [4.78, 5) is 11.8. The van der Waals surface area contributed by atoms with E-state index in [9.17, 15) is 4.79 Å². The van der Waals surface area contributed by atoms with Gasteiger partial charge in [0.05, 0.1) is 0 Å². The van der Waals surface area contributed by atoms with E-state index in [1.807, 2.05) is 18.2 Å². The molecule has 0 saturated carbocycles. The maximum absolute atomic E-state index is 11.8. The highest BCUT2D eigenvalue weighted by Crippen LogP contribution is 2.27. The standard InChI is InChI=1S/C15H20N4OS/c1-10(8-9-11-6-4-3-5-7-11)18-15-12(14(20)17-2)13(16)19-21-15/h3-7,10,18H,8-9H2,1-2H3,(H2,16,19)(H,17,20). The Balaban J connectivity index is 1.97. The van der Waals surface area contributed by atoms with Crippen LogP contribution in [0.1, 0.15) is 29.3 Å². The number of benzene rings is 1. The highest BCUT2D eigenvalue weighted by molar-refractivity contribution is 7.11. The topological polar surface area (TPSA) is 80.0 Å². The molecule has 0 aliphatic carbocycles. The van der Waals surface area contributed by atoms with Crippen LogP contribution in [0.4, 0.5) is 10.8 Å². The van der Waals surface area contributed by atoms with Crippen LogP contribution in [0.5, 0.6) is 0 Å². The van der Waals surface area contributed by atoms with E-state index in [-0.39, 0.29) is 17.8 Å². The minimum atomic E-state index is -0.209. The van der Waals surface area contributed by atoms with E-state index in [1.54, 1.807) is 7.05 Å². The third-order valence-electron chi connectivity index (χ3n) is 3.26. The molecule has 0 fully saturated rings. The number of aromatic nitrogens is 1. The summed E-state index contributed by atoms with van der Waals surface area (Å²) in [5.41, 5.74) is 7.50. The maximum atomic E-state index is 11.8. The van der Waals surface area contributed by atoms with Crippen molar-refractivity contribution < 1.29 is 4.79 Å². The molecule has 0 radical (unpaired) electrons. The molecule has 1 unspecified atom stereocenters. The maximum Gasteiger partial charge on any atom is 0.257 e. The van der Waals surface area contributed by atoms with Crippen molar-refractivity contribution in [1.82, 2.24) is 9.69 Å². The Morgan fingerprint density at radius 1 is 1.38 bits per heavy atom. The summed E-state index contributed by atoms with van der Waals surface area (Å²) >= 11 is 1.22. The molecule has 1 atom stereocenters. The minimum absolute atomic E-state index is 0.209. The van der Waals surface area contributed by atoms with Crippen LogP contribution in [0.25, 0.3) is 0 Å². The smallest absolute Gasteiger partial charge is 0.257 e. The number of nitrogens with two attached hydrogens (primary N) is 1. The first kappa shape index (κ1) is 15.3. The molecule has 2 rings (SSSR count). The number of amides is 1. The zero-order chi connectivity index (χ0) is 15.2. The largest absolute Gasteiger partial charge is 0.382 e. The summed E-state index contributed by atoms with van der Waals surface area (Å²) < 4.78 is 4.05. The van der Waals surface area contributed by atoms with Gasteiger partial charge in [0, 0.05) is 13.1 Å².